The molecule has 0 aliphatic heterocycles. The average molecular weight is 497 g/mol. The van der Waals surface area contributed by atoms with Crippen LogP contribution < -0.4 is 21.7 Å². The summed E-state index contributed by atoms with van der Waals surface area (Å²) in [6.45, 7) is 3.18. The van der Waals surface area contributed by atoms with Crippen LogP contribution in [0.3, 0.4) is 0 Å². The fourth-order valence-corrected chi connectivity index (χ4v) is 4.35. The molecule has 0 aliphatic rings. The SMILES string of the molecule is CC(C)(N)C(=O)N[C@H](Cc1ccc2ccccc2c1)C(=O)N[C@H](Cc1cccc2ccccc12)NC=O. The lowest BCUT2D eigenvalue weighted by Crippen LogP contribution is -2.59. The van der Waals surface area contributed by atoms with Crippen LogP contribution >= 0.6 is 0 Å². The first-order chi connectivity index (χ1) is 17.7. The Hall–Kier alpha value is -4.23. The second-order valence-electron chi connectivity index (χ2n) is 9.82. The van der Waals surface area contributed by atoms with Gasteiger partial charge in [-0.25, -0.2) is 0 Å². The van der Waals surface area contributed by atoms with Crippen LogP contribution in [0, 0.1) is 0 Å². The summed E-state index contributed by atoms with van der Waals surface area (Å²) in [6.07, 6.45) is 0.541. The lowest BCUT2D eigenvalue weighted by Gasteiger charge is -2.26. The van der Waals surface area contributed by atoms with E-state index in [1.54, 1.807) is 13.8 Å². The number of carbonyl (C=O) groups excluding carboxylic acids is 3. The minimum Gasteiger partial charge on any atom is -0.342 e. The molecule has 0 aromatic heterocycles. The zero-order chi connectivity index (χ0) is 26.4. The molecular weight excluding hydrogens is 464 g/mol. The molecule has 2 atom stereocenters. The number of hydrogen-bond acceptors (Lipinski definition) is 4. The number of carbonyl (C=O) groups is 3. The highest BCUT2D eigenvalue weighted by Gasteiger charge is 2.29. The van der Waals surface area contributed by atoms with E-state index in [0.29, 0.717) is 12.8 Å². The first-order valence-electron chi connectivity index (χ1n) is 12.3. The molecule has 0 saturated heterocycles. The number of amides is 3. The lowest BCUT2D eigenvalue weighted by molar-refractivity contribution is -0.131. The minimum atomic E-state index is -1.16. The summed E-state index contributed by atoms with van der Waals surface area (Å²) in [5.74, 6) is -0.854. The van der Waals surface area contributed by atoms with Gasteiger partial charge in [0.1, 0.15) is 12.2 Å². The van der Waals surface area contributed by atoms with Crippen LogP contribution in [-0.2, 0) is 27.2 Å². The van der Waals surface area contributed by atoms with Gasteiger partial charge >= 0.3 is 0 Å². The van der Waals surface area contributed by atoms with Crippen molar-refractivity contribution < 1.29 is 14.4 Å². The summed E-state index contributed by atoms with van der Waals surface area (Å²) in [4.78, 5) is 37.6. The molecule has 0 aliphatic carbocycles. The normalized spacial score (nSPS) is 13.1. The summed E-state index contributed by atoms with van der Waals surface area (Å²) in [5.41, 5.74) is 6.71. The van der Waals surface area contributed by atoms with Crippen LogP contribution in [0.2, 0.25) is 0 Å². The van der Waals surface area contributed by atoms with Crippen molar-refractivity contribution in [3.8, 4) is 0 Å². The Kier molecular flexibility index (Phi) is 7.84. The molecule has 0 spiro atoms. The van der Waals surface area contributed by atoms with Crippen LogP contribution in [0.15, 0.2) is 84.9 Å². The summed E-state index contributed by atoms with van der Waals surface area (Å²) < 4.78 is 0. The number of nitrogens with two attached hydrogens (primary N) is 1. The molecular formula is C30H32N4O3. The van der Waals surface area contributed by atoms with Crippen LogP contribution in [0.25, 0.3) is 21.5 Å². The third-order valence-corrected chi connectivity index (χ3v) is 6.35. The second kappa shape index (κ2) is 11.2. The van der Waals surface area contributed by atoms with Crippen molar-refractivity contribution in [1.29, 1.82) is 0 Å². The van der Waals surface area contributed by atoms with E-state index in [-0.39, 0.29) is 6.42 Å². The molecule has 37 heavy (non-hydrogen) atoms. The minimum absolute atomic E-state index is 0.264. The van der Waals surface area contributed by atoms with E-state index in [1.807, 2.05) is 84.9 Å². The molecule has 0 radical (unpaired) electrons. The molecule has 0 bridgehead atoms. The van der Waals surface area contributed by atoms with Crippen LogP contribution in [0.4, 0.5) is 0 Å². The van der Waals surface area contributed by atoms with E-state index in [1.165, 1.54) is 0 Å². The predicted octanol–water partition coefficient (Wildman–Crippen LogP) is 3.19. The number of nitrogens with one attached hydrogen (secondary N) is 3. The van der Waals surface area contributed by atoms with Crippen LogP contribution in [0.5, 0.6) is 0 Å². The zero-order valence-corrected chi connectivity index (χ0v) is 21.0. The van der Waals surface area contributed by atoms with Gasteiger partial charge in [-0.1, -0.05) is 84.9 Å². The Balaban J connectivity index is 1.57. The van der Waals surface area contributed by atoms with E-state index in [2.05, 4.69) is 16.0 Å². The molecule has 0 saturated carbocycles. The molecule has 0 fully saturated rings. The zero-order valence-electron chi connectivity index (χ0n) is 21.0. The smallest absolute Gasteiger partial charge is 0.244 e. The second-order valence-corrected chi connectivity index (χ2v) is 9.82. The molecule has 0 unspecified atom stereocenters. The number of hydrogen-bond donors (Lipinski definition) is 4. The van der Waals surface area contributed by atoms with Gasteiger partial charge in [0.05, 0.1) is 5.54 Å². The van der Waals surface area contributed by atoms with Gasteiger partial charge in [-0.15, -0.1) is 0 Å². The number of benzene rings is 4. The third kappa shape index (κ3) is 6.51. The Morgan fingerprint density at radius 1 is 0.838 bits per heavy atom. The first-order valence-corrected chi connectivity index (χ1v) is 12.3. The van der Waals surface area contributed by atoms with Crippen LogP contribution in [0.1, 0.15) is 25.0 Å². The predicted molar refractivity (Wildman–Crippen MR) is 147 cm³/mol. The standard InChI is InChI=1S/C30H32N4O3/c1-30(2,31)29(37)33-26(17-20-14-15-21-8-3-4-10-23(21)16-20)28(36)34-27(32-19-35)18-24-12-7-11-22-9-5-6-13-25(22)24/h3-16,19,26-27H,17-18,31H2,1-2H3,(H,32,35)(H,33,37)(H,34,36)/t26-,27-/m1/s1. The molecule has 4 rings (SSSR count). The van der Waals surface area contributed by atoms with E-state index >= 15 is 0 Å². The Morgan fingerprint density at radius 2 is 1.51 bits per heavy atom. The molecule has 7 nitrogen and oxygen atoms in total. The first kappa shape index (κ1) is 25.9. The van der Waals surface area contributed by atoms with Crippen LogP contribution in [-0.4, -0.2) is 36.0 Å². The van der Waals surface area contributed by atoms with Gasteiger partial charge in [-0.3, -0.25) is 14.4 Å². The topological polar surface area (TPSA) is 113 Å². The van der Waals surface area contributed by atoms with E-state index < -0.39 is 29.6 Å². The Morgan fingerprint density at radius 3 is 2.24 bits per heavy atom. The maximum Gasteiger partial charge on any atom is 0.244 e. The quantitative estimate of drug-likeness (QED) is 0.199. The number of fused-ring (bicyclic) bond motifs is 2. The fraction of sp³-hybridized carbons (Fsp3) is 0.233. The van der Waals surface area contributed by atoms with E-state index in [4.69, 9.17) is 5.73 Å². The van der Waals surface area contributed by atoms with E-state index in [9.17, 15) is 14.4 Å². The van der Waals surface area contributed by atoms with Crippen molar-refractivity contribution in [1.82, 2.24) is 16.0 Å². The maximum absolute atomic E-state index is 13.5. The van der Waals surface area contributed by atoms with Crippen molar-refractivity contribution in [2.45, 2.75) is 44.4 Å². The Labute approximate surface area is 216 Å². The van der Waals surface area contributed by atoms with Gasteiger partial charge in [-0.05, 0) is 46.5 Å². The van der Waals surface area contributed by atoms with Gasteiger partial charge < -0.3 is 21.7 Å². The van der Waals surface area contributed by atoms with Crippen molar-refractivity contribution in [2.24, 2.45) is 5.73 Å². The molecule has 7 heteroatoms. The van der Waals surface area contributed by atoms with E-state index in [0.717, 1.165) is 32.7 Å². The van der Waals surface area contributed by atoms with Crippen molar-refractivity contribution in [2.75, 3.05) is 0 Å². The molecule has 3 amide bonds. The fourth-order valence-electron chi connectivity index (χ4n) is 4.35. The van der Waals surface area contributed by atoms with Gasteiger partial charge in [0.2, 0.25) is 18.2 Å². The van der Waals surface area contributed by atoms with Gasteiger partial charge in [0.25, 0.3) is 0 Å². The highest BCUT2D eigenvalue weighted by Crippen LogP contribution is 2.20. The summed E-state index contributed by atoms with van der Waals surface area (Å²) in [5, 5.41) is 12.7. The number of rotatable bonds is 10. The Bertz CT molecular complexity index is 1420. The lowest BCUT2D eigenvalue weighted by atomic mass is 9.99. The molecule has 190 valence electrons. The van der Waals surface area contributed by atoms with Crippen molar-refractivity contribution in [3.05, 3.63) is 96.1 Å². The highest BCUT2D eigenvalue weighted by atomic mass is 16.2. The maximum atomic E-state index is 13.5. The van der Waals surface area contributed by atoms with Gasteiger partial charge in [-0.2, -0.15) is 0 Å². The van der Waals surface area contributed by atoms with Gasteiger partial charge in [0.15, 0.2) is 0 Å². The summed E-state index contributed by atoms with van der Waals surface area (Å²) >= 11 is 0. The largest absolute Gasteiger partial charge is 0.342 e. The van der Waals surface area contributed by atoms with Crippen molar-refractivity contribution >= 4 is 39.8 Å². The molecule has 4 aromatic rings. The summed E-state index contributed by atoms with van der Waals surface area (Å²) in [6, 6.07) is 26.9. The molecule has 5 N–H and O–H groups in total. The molecule has 4 aromatic carbocycles. The van der Waals surface area contributed by atoms with Crippen molar-refractivity contribution in [3.63, 3.8) is 0 Å². The summed E-state index contributed by atoms with van der Waals surface area (Å²) in [7, 11) is 0. The average Bonchev–Trinajstić information content (AvgIpc) is 2.88. The monoisotopic (exact) mass is 496 g/mol. The third-order valence-electron chi connectivity index (χ3n) is 6.35. The molecule has 0 heterocycles. The highest BCUT2D eigenvalue weighted by molar-refractivity contribution is 5.92. The van der Waals surface area contributed by atoms with Gasteiger partial charge in [0, 0.05) is 12.8 Å².